The maximum atomic E-state index is 13.8. The number of imidazole rings is 1. The summed E-state index contributed by atoms with van der Waals surface area (Å²) >= 11 is 0. The summed E-state index contributed by atoms with van der Waals surface area (Å²) in [4.78, 5) is 46.1. The van der Waals surface area contributed by atoms with Crippen LogP contribution in [0.1, 0.15) is 44.2 Å². The van der Waals surface area contributed by atoms with Gasteiger partial charge in [0.1, 0.15) is 17.1 Å². The number of carbonyl (C=O) groups is 2. The van der Waals surface area contributed by atoms with E-state index in [9.17, 15) is 14.4 Å². The van der Waals surface area contributed by atoms with Gasteiger partial charge in [-0.05, 0) is 60.9 Å². The van der Waals surface area contributed by atoms with Crippen LogP contribution >= 0.6 is 0 Å². The number of aromatic amines is 1. The van der Waals surface area contributed by atoms with E-state index in [1.807, 2.05) is 61.5 Å². The van der Waals surface area contributed by atoms with E-state index in [1.165, 1.54) is 4.57 Å². The molecule has 0 aliphatic carbocycles. The zero-order valence-electron chi connectivity index (χ0n) is 22.5. The fourth-order valence-corrected chi connectivity index (χ4v) is 5.50. The Labute approximate surface area is 231 Å². The van der Waals surface area contributed by atoms with Gasteiger partial charge in [0.15, 0.2) is 5.78 Å². The van der Waals surface area contributed by atoms with Gasteiger partial charge in [-0.2, -0.15) is 0 Å². The van der Waals surface area contributed by atoms with Gasteiger partial charge in [0, 0.05) is 30.4 Å². The molecule has 0 atom stereocenters. The number of ketones is 1. The second kappa shape index (κ2) is 10.4. The molecule has 8 heteroatoms. The van der Waals surface area contributed by atoms with Gasteiger partial charge >= 0.3 is 5.69 Å². The average Bonchev–Trinajstić information content (AvgIpc) is 3.56. The summed E-state index contributed by atoms with van der Waals surface area (Å²) in [7, 11) is 1.58. The van der Waals surface area contributed by atoms with Gasteiger partial charge in [0.05, 0.1) is 25.0 Å². The lowest BCUT2D eigenvalue weighted by molar-refractivity contribution is 0.0702. The van der Waals surface area contributed by atoms with E-state index in [-0.39, 0.29) is 30.3 Å². The molecule has 0 fully saturated rings. The summed E-state index contributed by atoms with van der Waals surface area (Å²) < 4.78 is 8.41. The Bertz CT molecular complexity index is 1780. The Morgan fingerprint density at radius 3 is 2.45 bits per heavy atom. The number of amides is 1. The molecule has 1 N–H and O–H groups in total. The fourth-order valence-electron chi connectivity index (χ4n) is 5.50. The highest BCUT2D eigenvalue weighted by Gasteiger charge is 2.32. The summed E-state index contributed by atoms with van der Waals surface area (Å²) in [6.07, 6.45) is 0.796. The Balaban J connectivity index is 1.38. The van der Waals surface area contributed by atoms with Crippen molar-refractivity contribution in [2.24, 2.45) is 0 Å². The number of nitrogens with one attached hydrogen (secondary N) is 1. The molecule has 0 spiro atoms. The number of H-pyrrole nitrogens is 1. The molecular weight excluding hydrogens is 504 g/mol. The molecule has 5 aromatic rings. The third-order valence-corrected chi connectivity index (χ3v) is 7.66. The highest BCUT2D eigenvalue weighted by Crippen LogP contribution is 2.25. The van der Waals surface area contributed by atoms with Crippen molar-refractivity contribution in [3.8, 4) is 11.4 Å². The lowest BCUT2D eigenvalue weighted by Gasteiger charge is -2.28. The van der Waals surface area contributed by atoms with Crippen LogP contribution in [-0.2, 0) is 19.5 Å². The van der Waals surface area contributed by atoms with Crippen LogP contribution in [0.15, 0.2) is 83.7 Å². The first-order valence-corrected chi connectivity index (χ1v) is 13.4. The van der Waals surface area contributed by atoms with Crippen molar-refractivity contribution in [3.63, 3.8) is 0 Å². The van der Waals surface area contributed by atoms with E-state index >= 15 is 0 Å². The minimum atomic E-state index is -0.281. The molecule has 1 aliphatic heterocycles. The molecule has 0 bridgehead atoms. The van der Waals surface area contributed by atoms with Crippen LogP contribution in [0.4, 0.5) is 0 Å². The maximum Gasteiger partial charge on any atom is 0.333 e. The molecule has 0 radical (unpaired) electrons. The number of aromatic nitrogens is 3. The predicted molar refractivity (Wildman–Crippen MR) is 153 cm³/mol. The number of hydrogen-bond donors (Lipinski definition) is 1. The third-order valence-electron chi connectivity index (χ3n) is 7.66. The van der Waals surface area contributed by atoms with Gasteiger partial charge in [-0.1, -0.05) is 42.5 Å². The molecule has 1 aliphatic rings. The monoisotopic (exact) mass is 534 g/mol. The van der Waals surface area contributed by atoms with Gasteiger partial charge in [-0.25, -0.2) is 4.79 Å². The highest BCUT2D eigenvalue weighted by molar-refractivity contribution is 5.99. The van der Waals surface area contributed by atoms with E-state index in [0.29, 0.717) is 48.0 Å². The van der Waals surface area contributed by atoms with Crippen molar-refractivity contribution in [2.75, 3.05) is 13.7 Å². The Morgan fingerprint density at radius 1 is 0.950 bits per heavy atom. The largest absolute Gasteiger partial charge is 0.497 e. The van der Waals surface area contributed by atoms with Gasteiger partial charge in [-0.15, -0.1) is 0 Å². The molecule has 0 saturated carbocycles. The van der Waals surface area contributed by atoms with Gasteiger partial charge in [0.25, 0.3) is 5.91 Å². The molecular formula is C32H30N4O4. The van der Waals surface area contributed by atoms with Crippen molar-refractivity contribution < 1.29 is 14.3 Å². The summed E-state index contributed by atoms with van der Waals surface area (Å²) in [6, 6.07) is 24.7. The van der Waals surface area contributed by atoms with Crippen molar-refractivity contribution in [3.05, 3.63) is 118 Å². The molecule has 202 valence electrons. The molecule has 0 unspecified atom stereocenters. The molecule has 3 aromatic carbocycles. The maximum absolute atomic E-state index is 13.8. The van der Waals surface area contributed by atoms with Gasteiger partial charge in [0.2, 0.25) is 0 Å². The van der Waals surface area contributed by atoms with Crippen LogP contribution in [0.5, 0.6) is 5.75 Å². The zero-order chi connectivity index (χ0) is 27.8. The lowest BCUT2D eigenvalue weighted by Crippen LogP contribution is -2.41. The topological polar surface area (TPSA) is 89.3 Å². The van der Waals surface area contributed by atoms with E-state index in [1.54, 1.807) is 40.8 Å². The van der Waals surface area contributed by atoms with Gasteiger partial charge in [-0.3, -0.25) is 18.7 Å². The molecule has 40 heavy (non-hydrogen) atoms. The number of aryl methyl sites for hydroxylation is 2. The number of methoxy groups -OCH3 is 1. The summed E-state index contributed by atoms with van der Waals surface area (Å²) in [5, 5.41) is 1.00. The van der Waals surface area contributed by atoms with Crippen molar-refractivity contribution in [1.29, 1.82) is 0 Å². The predicted octanol–water partition coefficient (Wildman–Crippen LogP) is 4.91. The molecule has 8 nitrogen and oxygen atoms in total. The van der Waals surface area contributed by atoms with Crippen LogP contribution in [-0.4, -0.2) is 44.4 Å². The lowest BCUT2D eigenvalue weighted by atomic mass is 10.0. The number of nitrogens with zero attached hydrogens (tertiary/aromatic N) is 3. The first-order valence-electron chi connectivity index (χ1n) is 13.4. The number of benzene rings is 3. The van der Waals surface area contributed by atoms with Crippen LogP contribution in [0.25, 0.3) is 16.6 Å². The normalized spacial score (nSPS) is 12.9. The number of Topliss-reactive ketones (excluding diaryl/α,β-unsaturated/α-hetero) is 1. The second-order valence-electron chi connectivity index (χ2n) is 10.1. The molecule has 1 amide bonds. The van der Waals surface area contributed by atoms with Crippen molar-refractivity contribution in [2.45, 2.75) is 32.9 Å². The van der Waals surface area contributed by atoms with E-state index in [2.05, 4.69) is 4.98 Å². The molecule has 0 saturated heterocycles. The fraction of sp³-hybridized carbons (Fsp3) is 0.219. The Hall–Kier alpha value is -4.85. The quantitative estimate of drug-likeness (QED) is 0.301. The van der Waals surface area contributed by atoms with Crippen molar-refractivity contribution in [1.82, 2.24) is 19.0 Å². The third kappa shape index (κ3) is 4.51. The summed E-state index contributed by atoms with van der Waals surface area (Å²) in [5.74, 6) is 0.360. The molecule has 3 heterocycles. The van der Waals surface area contributed by atoms with Crippen molar-refractivity contribution >= 4 is 22.6 Å². The average molecular weight is 535 g/mol. The Morgan fingerprint density at radius 2 is 1.73 bits per heavy atom. The second-order valence-corrected chi connectivity index (χ2v) is 10.1. The molecule has 2 aromatic heterocycles. The first kappa shape index (κ1) is 25.4. The van der Waals surface area contributed by atoms with Crippen LogP contribution in [0.2, 0.25) is 0 Å². The van der Waals surface area contributed by atoms with E-state index in [0.717, 1.165) is 22.0 Å². The smallest absolute Gasteiger partial charge is 0.333 e. The minimum absolute atomic E-state index is 0.138. The van der Waals surface area contributed by atoms with Crippen LogP contribution in [0, 0.1) is 6.92 Å². The molecule has 6 rings (SSSR count). The van der Waals surface area contributed by atoms with E-state index in [4.69, 9.17) is 4.74 Å². The number of hydrogen-bond acceptors (Lipinski definition) is 4. The minimum Gasteiger partial charge on any atom is -0.497 e. The van der Waals surface area contributed by atoms with Crippen LogP contribution < -0.4 is 10.4 Å². The number of fused-ring (bicyclic) bond motifs is 2. The van der Waals surface area contributed by atoms with Gasteiger partial charge < -0.3 is 14.6 Å². The van der Waals surface area contributed by atoms with E-state index < -0.39 is 0 Å². The van der Waals surface area contributed by atoms with Crippen LogP contribution in [0.3, 0.4) is 0 Å². The highest BCUT2D eigenvalue weighted by atomic mass is 16.5. The number of carbonyl (C=O) groups excluding carboxylic acids is 2. The summed E-state index contributed by atoms with van der Waals surface area (Å²) in [6.45, 7) is 2.85. The standard InChI is InChI=1S/C32H30N4O4/c1-21-7-6-10-26-25(21)19-27(33-26)31(38)34-17-18-35-28(20-34)30(29(37)16-11-22-8-4-3-5-9-22)36(32(35)39)23-12-14-24(40-2)15-13-23/h3-10,12-15,19,33H,11,16-18,20H2,1-2H3. The Kier molecular flexibility index (Phi) is 6.59. The zero-order valence-corrected chi connectivity index (χ0v) is 22.5. The number of ether oxygens (including phenoxy) is 1. The first-order chi connectivity index (χ1) is 19.4. The number of rotatable bonds is 7. The summed E-state index contributed by atoms with van der Waals surface area (Å²) in [5.41, 5.74) is 4.72. The SMILES string of the molecule is COc1ccc(-n2c(C(=O)CCc3ccccc3)c3n(c2=O)CCN(C(=O)c2cc4c(C)cccc4[nH]2)C3)cc1.